The van der Waals surface area contributed by atoms with Crippen LogP contribution in [0.25, 0.3) is 17.4 Å². The van der Waals surface area contributed by atoms with Gasteiger partial charge in [-0.2, -0.15) is 5.26 Å². The third kappa shape index (κ3) is 4.48. The Labute approximate surface area is 175 Å². The number of anilines is 1. The summed E-state index contributed by atoms with van der Waals surface area (Å²) in [7, 11) is 0. The van der Waals surface area contributed by atoms with E-state index < -0.39 is 10.8 Å². The molecule has 1 aromatic heterocycles. The molecule has 3 aromatic rings. The highest BCUT2D eigenvalue weighted by Gasteiger charge is 2.16. The molecule has 0 saturated carbocycles. The van der Waals surface area contributed by atoms with Crippen LogP contribution in [0.5, 0.6) is 5.75 Å². The van der Waals surface area contributed by atoms with E-state index in [1.165, 1.54) is 30.3 Å². The van der Waals surface area contributed by atoms with Gasteiger partial charge in [-0.15, -0.1) is 0 Å². The van der Waals surface area contributed by atoms with Gasteiger partial charge in [0.05, 0.1) is 10.5 Å². The quantitative estimate of drug-likeness (QED) is 0.255. The first-order valence-corrected chi connectivity index (χ1v) is 8.93. The van der Waals surface area contributed by atoms with Crippen LogP contribution in [0.3, 0.4) is 0 Å². The number of phenolic OH excluding ortho intramolecular Hbond substituents is 1. The zero-order chi connectivity index (χ0) is 21.8. The van der Waals surface area contributed by atoms with Crippen LogP contribution in [0.15, 0.2) is 58.5 Å². The summed E-state index contributed by atoms with van der Waals surface area (Å²) in [4.78, 5) is 22.7. The lowest BCUT2D eigenvalue weighted by Gasteiger charge is -2.06. The summed E-state index contributed by atoms with van der Waals surface area (Å²) in [6.07, 6.45) is 1.23. The Morgan fingerprint density at radius 2 is 2.03 bits per heavy atom. The molecule has 8 nitrogen and oxygen atoms in total. The van der Waals surface area contributed by atoms with E-state index in [4.69, 9.17) is 16.0 Å². The number of hydrogen-bond donors (Lipinski definition) is 2. The van der Waals surface area contributed by atoms with E-state index >= 15 is 0 Å². The zero-order valence-corrected chi connectivity index (χ0v) is 16.3. The number of nitrogens with one attached hydrogen (secondary N) is 1. The average Bonchev–Trinajstić information content (AvgIpc) is 3.17. The van der Waals surface area contributed by atoms with Crippen LogP contribution < -0.4 is 5.32 Å². The predicted octanol–water partition coefficient (Wildman–Crippen LogP) is 5.07. The number of nitrogens with zero attached hydrogens (tertiary/aromatic N) is 2. The number of aromatic hydroxyl groups is 1. The molecule has 0 radical (unpaired) electrons. The predicted molar refractivity (Wildman–Crippen MR) is 111 cm³/mol. The normalized spacial score (nSPS) is 11.0. The van der Waals surface area contributed by atoms with Crippen molar-refractivity contribution in [2.24, 2.45) is 0 Å². The largest absolute Gasteiger partial charge is 0.507 e. The summed E-state index contributed by atoms with van der Waals surface area (Å²) in [6.45, 7) is 1.82. The van der Waals surface area contributed by atoms with E-state index in [0.717, 1.165) is 11.6 Å². The highest BCUT2D eigenvalue weighted by Crippen LogP contribution is 2.34. The summed E-state index contributed by atoms with van der Waals surface area (Å²) in [5.74, 6) is -0.566. The molecule has 150 valence electrons. The molecule has 3 rings (SSSR count). The molecule has 2 aromatic carbocycles. The molecular weight excluding hydrogens is 410 g/mol. The Morgan fingerprint density at radius 1 is 1.27 bits per heavy atom. The molecule has 0 unspecified atom stereocenters. The van der Waals surface area contributed by atoms with Crippen molar-refractivity contribution in [1.29, 1.82) is 5.26 Å². The second kappa shape index (κ2) is 8.51. The Bertz CT molecular complexity index is 1220. The van der Waals surface area contributed by atoms with E-state index in [-0.39, 0.29) is 34.1 Å². The van der Waals surface area contributed by atoms with Gasteiger partial charge in [-0.3, -0.25) is 14.9 Å². The van der Waals surface area contributed by atoms with Crippen molar-refractivity contribution in [3.63, 3.8) is 0 Å². The van der Waals surface area contributed by atoms with Gasteiger partial charge in [-0.05, 0) is 42.8 Å². The number of furan rings is 1. The van der Waals surface area contributed by atoms with Crippen LogP contribution >= 0.6 is 11.6 Å². The molecule has 0 atom stereocenters. The summed E-state index contributed by atoms with van der Waals surface area (Å²) >= 11 is 6.04. The first kappa shape index (κ1) is 20.6. The Morgan fingerprint density at radius 3 is 2.70 bits per heavy atom. The summed E-state index contributed by atoms with van der Waals surface area (Å²) in [5, 5.41) is 33.3. The van der Waals surface area contributed by atoms with Crippen LogP contribution in [-0.2, 0) is 4.79 Å². The van der Waals surface area contributed by atoms with Crippen molar-refractivity contribution >= 4 is 35.0 Å². The van der Waals surface area contributed by atoms with E-state index in [0.29, 0.717) is 10.7 Å². The summed E-state index contributed by atoms with van der Waals surface area (Å²) < 4.78 is 5.54. The topological polar surface area (TPSA) is 129 Å². The van der Waals surface area contributed by atoms with Crippen LogP contribution in [0.1, 0.15) is 11.3 Å². The van der Waals surface area contributed by atoms with Crippen LogP contribution in [0.2, 0.25) is 5.02 Å². The molecule has 9 heteroatoms. The van der Waals surface area contributed by atoms with Crippen molar-refractivity contribution in [3.8, 4) is 23.1 Å². The number of hydrogen-bond acceptors (Lipinski definition) is 6. The molecule has 0 bridgehead atoms. The number of benzene rings is 2. The number of phenols is 1. The fourth-order valence-corrected chi connectivity index (χ4v) is 2.75. The molecule has 0 spiro atoms. The molecule has 30 heavy (non-hydrogen) atoms. The third-order valence-electron chi connectivity index (χ3n) is 4.16. The molecule has 2 N–H and O–H groups in total. The zero-order valence-electron chi connectivity index (χ0n) is 15.5. The van der Waals surface area contributed by atoms with E-state index in [1.54, 1.807) is 24.3 Å². The first-order valence-electron chi connectivity index (χ1n) is 8.55. The lowest BCUT2D eigenvalue weighted by Crippen LogP contribution is -2.13. The van der Waals surface area contributed by atoms with Gasteiger partial charge in [0.15, 0.2) is 0 Å². The maximum atomic E-state index is 12.4. The van der Waals surface area contributed by atoms with Gasteiger partial charge in [0.2, 0.25) is 0 Å². The molecule has 1 heterocycles. The summed E-state index contributed by atoms with van der Waals surface area (Å²) in [6, 6.07) is 13.2. The highest BCUT2D eigenvalue weighted by atomic mass is 35.5. The van der Waals surface area contributed by atoms with Crippen LogP contribution in [0.4, 0.5) is 11.4 Å². The third-order valence-corrected chi connectivity index (χ3v) is 4.57. The monoisotopic (exact) mass is 423 g/mol. The van der Waals surface area contributed by atoms with Crippen LogP contribution in [-0.4, -0.2) is 15.9 Å². The lowest BCUT2D eigenvalue weighted by atomic mass is 10.1. The van der Waals surface area contributed by atoms with Gasteiger partial charge in [-0.25, -0.2) is 0 Å². The number of rotatable bonds is 5. The molecule has 0 fully saturated rings. The molecule has 0 aliphatic heterocycles. The number of halogens is 1. The van der Waals surface area contributed by atoms with Crippen molar-refractivity contribution < 1.29 is 19.2 Å². The van der Waals surface area contributed by atoms with Gasteiger partial charge in [0.1, 0.15) is 28.9 Å². The highest BCUT2D eigenvalue weighted by molar-refractivity contribution is 6.31. The van der Waals surface area contributed by atoms with Crippen molar-refractivity contribution in [2.75, 3.05) is 5.32 Å². The lowest BCUT2D eigenvalue weighted by molar-refractivity contribution is -0.384. The number of amides is 1. The maximum absolute atomic E-state index is 12.4. The fourth-order valence-electron chi connectivity index (χ4n) is 2.57. The molecule has 0 saturated heterocycles. The van der Waals surface area contributed by atoms with Gasteiger partial charge in [0, 0.05) is 28.9 Å². The Balaban J connectivity index is 1.86. The number of aryl methyl sites for hydroxylation is 1. The standard InChI is InChI=1S/C21H14ClN3O5/c1-12-2-3-14(9-18(12)22)24-21(27)13(11-23)8-16-5-7-20(30-16)17-10-15(25(28)29)4-6-19(17)26/h2-10,26H,1H3,(H,24,27)/b13-8-. The number of nitro benzene ring substituents is 1. The van der Waals surface area contributed by atoms with Crippen molar-refractivity contribution in [1.82, 2.24) is 0 Å². The van der Waals surface area contributed by atoms with E-state index in [1.807, 2.05) is 6.92 Å². The maximum Gasteiger partial charge on any atom is 0.270 e. The molecule has 1 amide bonds. The minimum atomic E-state index is -0.659. The van der Waals surface area contributed by atoms with Gasteiger partial charge in [-0.1, -0.05) is 17.7 Å². The molecule has 0 aliphatic rings. The first-order chi connectivity index (χ1) is 14.3. The summed E-state index contributed by atoms with van der Waals surface area (Å²) in [5.41, 5.74) is 0.943. The minimum Gasteiger partial charge on any atom is -0.507 e. The van der Waals surface area contributed by atoms with E-state index in [9.17, 15) is 25.3 Å². The number of nitro groups is 1. The second-order valence-electron chi connectivity index (χ2n) is 6.25. The Hall–Kier alpha value is -4.09. The minimum absolute atomic E-state index is 0.112. The van der Waals surface area contributed by atoms with Gasteiger partial charge < -0.3 is 14.8 Å². The number of carbonyl (C=O) groups excluding carboxylic acids is 1. The fraction of sp³-hybridized carbons (Fsp3) is 0.0476. The second-order valence-corrected chi connectivity index (χ2v) is 6.66. The van der Waals surface area contributed by atoms with Gasteiger partial charge >= 0.3 is 0 Å². The van der Waals surface area contributed by atoms with E-state index in [2.05, 4.69) is 5.32 Å². The van der Waals surface area contributed by atoms with Crippen LogP contribution in [0, 0.1) is 28.4 Å². The van der Waals surface area contributed by atoms with Crippen molar-refractivity contribution in [2.45, 2.75) is 6.92 Å². The van der Waals surface area contributed by atoms with Gasteiger partial charge in [0.25, 0.3) is 11.6 Å². The van der Waals surface area contributed by atoms with Crippen molar-refractivity contribution in [3.05, 3.63) is 80.6 Å². The smallest absolute Gasteiger partial charge is 0.270 e. The SMILES string of the molecule is Cc1ccc(NC(=O)/C(C#N)=C\c2ccc(-c3cc([N+](=O)[O-])ccc3O)o2)cc1Cl. The molecular formula is C21H14ClN3O5. The average molecular weight is 424 g/mol. The Kier molecular flexibility index (Phi) is 5.85. The number of non-ortho nitro benzene ring substituents is 1. The molecule has 0 aliphatic carbocycles. The number of nitriles is 1. The number of carbonyl (C=O) groups is 1.